The van der Waals surface area contributed by atoms with Crippen LogP contribution in [-0.2, 0) is 28.4 Å². The van der Waals surface area contributed by atoms with Gasteiger partial charge < -0.3 is 79.1 Å². The number of fused-ring (bicyclic) bond motifs is 1. The van der Waals surface area contributed by atoms with Crippen molar-refractivity contribution in [1.29, 1.82) is 0 Å². The molecule has 0 spiro atoms. The number of hydrogen-bond acceptors (Lipinski definition) is 15. The summed E-state index contributed by atoms with van der Waals surface area (Å²) in [5.41, 5.74) is 0. The fraction of sp³-hybridized carbons (Fsp3) is 1.00. The SMILES string of the molecule is COC1CC(C2[OH+]C3CC(O)CC(O)C3CC2O[C@@H]2O[C@H](CO)[C@@H](O)[C@H](O)[C@H]2O[C@@H]2OC[C@@H](O)[C@H](O)[C@H]2O)CC(OC)C1O. The van der Waals surface area contributed by atoms with E-state index < -0.39 is 105 Å². The van der Waals surface area contributed by atoms with Gasteiger partial charge in [0.25, 0.3) is 0 Å². The van der Waals surface area contributed by atoms with E-state index in [9.17, 15) is 46.0 Å². The van der Waals surface area contributed by atoms with Crippen LogP contribution in [0, 0.1) is 11.8 Å². The topological polar surface area (TPSA) is 250 Å². The Morgan fingerprint density at radius 3 is 2.00 bits per heavy atom. The number of rotatable bonds is 8. The smallest absolute Gasteiger partial charge is 0.187 e. The summed E-state index contributed by atoms with van der Waals surface area (Å²) in [5, 5.41) is 94.1. The first-order valence-electron chi connectivity index (χ1n) is 15.4. The molecule has 256 valence electrons. The molecule has 0 aromatic rings. The number of aliphatic hydroxyl groups is 11. The van der Waals surface area contributed by atoms with Crippen LogP contribution in [-0.4, -0.2) is 182 Å². The Kier molecular flexibility index (Phi) is 11.5. The third-order valence-corrected chi connectivity index (χ3v) is 10.1. The molecule has 5 rings (SSSR count). The lowest BCUT2D eigenvalue weighted by molar-refractivity contribution is -0.382. The van der Waals surface area contributed by atoms with Crippen molar-refractivity contribution >= 4 is 0 Å². The molecular weight excluding hydrogens is 592 g/mol. The second-order valence-corrected chi connectivity index (χ2v) is 12.8. The van der Waals surface area contributed by atoms with Crippen LogP contribution in [0.25, 0.3) is 0 Å². The molecule has 2 aliphatic carbocycles. The van der Waals surface area contributed by atoms with E-state index in [4.69, 9.17) is 33.2 Å². The monoisotopic (exact) mass is 641 g/mol. The Bertz CT molecular complexity index is 901. The van der Waals surface area contributed by atoms with Crippen molar-refractivity contribution in [3.63, 3.8) is 0 Å². The summed E-state index contributed by atoms with van der Waals surface area (Å²) in [6, 6.07) is 0. The van der Waals surface area contributed by atoms with Gasteiger partial charge in [-0.15, -0.1) is 0 Å². The van der Waals surface area contributed by atoms with Gasteiger partial charge in [-0.05, 0) is 19.3 Å². The lowest BCUT2D eigenvalue weighted by Crippen LogP contribution is -2.65. The first-order valence-corrected chi connectivity index (χ1v) is 15.4. The highest BCUT2D eigenvalue weighted by atomic mass is 16.8. The van der Waals surface area contributed by atoms with Crippen molar-refractivity contribution in [2.45, 2.75) is 136 Å². The number of hydrogen-bond donors (Lipinski definition) is 9. The molecule has 0 amide bonds. The van der Waals surface area contributed by atoms with Crippen LogP contribution < -0.4 is 0 Å². The van der Waals surface area contributed by atoms with Gasteiger partial charge in [-0.3, -0.25) is 0 Å². The summed E-state index contributed by atoms with van der Waals surface area (Å²) >= 11 is 0. The second-order valence-electron chi connectivity index (χ2n) is 12.8. The minimum absolute atomic E-state index is 0.176. The lowest BCUT2D eigenvalue weighted by Gasteiger charge is -2.50. The maximum atomic E-state index is 11.1. The molecule has 0 radical (unpaired) electrons. The summed E-state index contributed by atoms with van der Waals surface area (Å²) in [5.74, 6) is -0.597. The molecule has 44 heavy (non-hydrogen) atoms. The molecule has 3 saturated heterocycles. The molecule has 10 N–H and O–H groups in total. The molecule has 5 aliphatic rings. The number of aliphatic hydroxyl groups excluding tert-OH is 9. The van der Waals surface area contributed by atoms with Gasteiger partial charge in [0.15, 0.2) is 24.8 Å². The summed E-state index contributed by atoms with van der Waals surface area (Å²) < 4.78 is 39.7. The zero-order valence-electron chi connectivity index (χ0n) is 24.8. The maximum Gasteiger partial charge on any atom is 0.187 e. The Balaban J connectivity index is 1.42. The molecule has 5 fully saturated rings. The Morgan fingerprint density at radius 2 is 1.36 bits per heavy atom. The van der Waals surface area contributed by atoms with Crippen LogP contribution in [0.1, 0.15) is 32.1 Å². The molecule has 17 atom stereocenters. The minimum atomic E-state index is -1.70. The van der Waals surface area contributed by atoms with Crippen LogP contribution in [0.3, 0.4) is 0 Å². The van der Waals surface area contributed by atoms with E-state index in [0.717, 1.165) is 0 Å². The molecule has 16 heteroatoms. The highest BCUT2D eigenvalue weighted by Gasteiger charge is 2.56. The summed E-state index contributed by atoms with van der Waals surface area (Å²) in [7, 11) is 2.99. The van der Waals surface area contributed by atoms with Gasteiger partial charge >= 0.3 is 0 Å². The summed E-state index contributed by atoms with van der Waals surface area (Å²) in [6.45, 7) is -1.03. The maximum absolute atomic E-state index is 11.1. The molecule has 0 bridgehead atoms. The van der Waals surface area contributed by atoms with Crippen LogP contribution in [0.2, 0.25) is 0 Å². The largest absolute Gasteiger partial charge is 0.427 e. The van der Waals surface area contributed by atoms with E-state index in [0.29, 0.717) is 19.3 Å². The van der Waals surface area contributed by atoms with Gasteiger partial charge in [0.2, 0.25) is 0 Å². The quantitative estimate of drug-likeness (QED) is 0.113. The Labute approximate surface area is 255 Å². The van der Waals surface area contributed by atoms with E-state index in [1.807, 2.05) is 0 Å². The molecule has 3 aliphatic heterocycles. The van der Waals surface area contributed by atoms with Gasteiger partial charge in [0, 0.05) is 33.0 Å². The predicted molar refractivity (Wildman–Crippen MR) is 145 cm³/mol. The van der Waals surface area contributed by atoms with Crippen LogP contribution >= 0.6 is 0 Å². The molecule has 2 saturated carbocycles. The third kappa shape index (κ3) is 6.96. The lowest BCUT2D eigenvalue weighted by atomic mass is 9.72. The second kappa shape index (κ2) is 14.6. The molecular formula is C28H49O16+. The van der Waals surface area contributed by atoms with Crippen molar-refractivity contribution in [2.24, 2.45) is 11.8 Å². The number of methoxy groups -OCH3 is 2. The summed E-state index contributed by atoms with van der Waals surface area (Å²) in [6.07, 6.45) is -17.3. The van der Waals surface area contributed by atoms with Gasteiger partial charge in [0.1, 0.15) is 54.9 Å². The van der Waals surface area contributed by atoms with E-state index >= 15 is 0 Å². The number of ether oxygens (including phenoxy) is 7. The van der Waals surface area contributed by atoms with Gasteiger partial charge in [0.05, 0.1) is 43.5 Å². The molecule has 8 unspecified atom stereocenters. The molecule has 0 aromatic carbocycles. The fourth-order valence-corrected chi connectivity index (χ4v) is 7.53. The Morgan fingerprint density at radius 1 is 0.682 bits per heavy atom. The first-order chi connectivity index (χ1) is 21.0. The highest BCUT2D eigenvalue weighted by Crippen LogP contribution is 2.43. The average Bonchev–Trinajstić information content (AvgIpc) is 3.00. The standard InChI is InChI=1S/C28H48O16/c1-38-16-3-10(4-17(39-2)21(16)34)25-18(7-12-13(31)5-11(30)6-15(12)41-25)42-28-26(23(36)22(35)19(8-29)43-28)44-27-24(37)20(33)14(32)9-40-27/h10-37H,3-9H2,1-2H3/p+1/t10?,11?,12?,13?,14-,15?,16?,17?,18?,19-,20+,21?,22-,23+,24-,25?,26-,27+,28-/m1/s1. The zero-order chi connectivity index (χ0) is 31.9. The zero-order valence-corrected chi connectivity index (χ0v) is 24.8. The van der Waals surface area contributed by atoms with E-state index in [2.05, 4.69) is 0 Å². The predicted octanol–water partition coefficient (Wildman–Crippen LogP) is -4.76. The van der Waals surface area contributed by atoms with Crippen molar-refractivity contribution in [2.75, 3.05) is 27.4 Å². The molecule has 3 heterocycles. The van der Waals surface area contributed by atoms with Gasteiger partial charge in [-0.1, -0.05) is 0 Å². The van der Waals surface area contributed by atoms with E-state index in [1.165, 1.54) is 14.2 Å². The van der Waals surface area contributed by atoms with E-state index in [-0.39, 0.29) is 37.4 Å². The highest BCUT2D eigenvalue weighted by molar-refractivity contribution is 5.00. The van der Waals surface area contributed by atoms with Crippen molar-refractivity contribution in [1.82, 2.24) is 0 Å². The summed E-state index contributed by atoms with van der Waals surface area (Å²) in [4.78, 5) is 0. The fourth-order valence-electron chi connectivity index (χ4n) is 7.53. The van der Waals surface area contributed by atoms with Crippen LogP contribution in [0.4, 0.5) is 0 Å². The first kappa shape index (κ1) is 34.7. The average molecular weight is 642 g/mol. The molecule has 0 aromatic heterocycles. The third-order valence-electron chi connectivity index (χ3n) is 10.1. The van der Waals surface area contributed by atoms with E-state index in [1.54, 1.807) is 0 Å². The normalized spacial score (nSPS) is 53.7. The van der Waals surface area contributed by atoms with Crippen LogP contribution in [0.15, 0.2) is 0 Å². The van der Waals surface area contributed by atoms with Gasteiger partial charge in [-0.2, -0.15) is 0 Å². The Hall–Kier alpha value is -0.640. The van der Waals surface area contributed by atoms with Crippen molar-refractivity contribution in [3.05, 3.63) is 0 Å². The minimum Gasteiger partial charge on any atom is -0.427 e. The van der Waals surface area contributed by atoms with Crippen LogP contribution in [0.5, 0.6) is 0 Å². The van der Waals surface area contributed by atoms with Gasteiger partial charge in [-0.25, -0.2) is 0 Å². The van der Waals surface area contributed by atoms with Crippen molar-refractivity contribution < 1.29 is 79.1 Å². The van der Waals surface area contributed by atoms with Crippen molar-refractivity contribution in [3.8, 4) is 0 Å². The molecule has 16 nitrogen and oxygen atoms in total.